The van der Waals surface area contributed by atoms with Crippen molar-refractivity contribution in [3.05, 3.63) is 24.2 Å². The van der Waals surface area contributed by atoms with E-state index in [9.17, 15) is 9.90 Å². The zero-order chi connectivity index (χ0) is 13.1. The standard InChI is InChI=1S/C13H21NO3/c1-12(2,3)8-11(15)14-9-13(4,16)10-6-5-7-17-10/h5-7,16H,8-9H2,1-4H3,(H,14,15). The summed E-state index contributed by atoms with van der Waals surface area (Å²) in [4.78, 5) is 11.6. The second kappa shape index (κ2) is 4.92. The number of hydrogen-bond donors (Lipinski definition) is 2. The molecule has 17 heavy (non-hydrogen) atoms. The summed E-state index contributed by atoms with van der Waals surface area (Å²) in [6.45, 7) is 7.75. The van der Waals surface area contributed by atoms with Crippen LogP contribution in [-0.4, -0.2) is 17.6 Å². The van der Waals surface area contributed by atoms with Crippen LogP contribution in [0.5, 0.6) is 0 Å². The van der Waals surface area contributed by atoms with Crippen molar-refractivity contribution in [2.24, 2.45) is 5.41 Å². The van der Waals surface area contributed by atoms with Crippen molar-refractivity contribution in [2.75, 3.05) is 6.54 Å². The van der Waals surface area contributed by atoms with Gasteiger partial charge in [-0.25, -0.2) is 0 Å². The monoisotopic (exact) mass is 239 g/mol. The van der Waals surface area contributed by atoms with Gasteiger partial charge in [-0.05, 0) is 24.5 Å². The van der Waals surface area contributed by atoms with Crippen LogP contribution in [0.15, 0.2) is 22.8 Å². The van der Waals surface area contributed by atoms with Gasteiger partial charge in [0.05, 0.1) is 12.8 Å². The molecule has 1 aromatic heterocycles. The average molecular weight is 239 g/mol. The molecule has 1 unspecified atom stereocenters. The molecule has 2 N–H and O–H groups in total. The number of carbonyl (C=O) groups excluding carboxylic acids is 1. The van der Waals surface area contributed by atoms with E-state index in [0.29, 0.717) is 12.2 Å². The SMILES string of the molecule is CC(C)(C)CC(=O)NCC(C)(O)c1ccco1. The lowest BCUT2D eigenvalue weighted by atomic mass is 9.92. The van der Waals surface area contributed by atoms with Crippen molar-refractivity contribution in [2.45, 2.75) is 39.7 Å². The minimum Gasteiger partial charge on any atom is -0.466 e. The fourth-order valence-corrected chi connectivity index (χ4v) is 1.49. The van der Waals surface area contributed by atoms with Gasteiger partial charge in [-0.2, -0.15) is 0 Å². The number of furan rings is 1. The Labute approximate surface area is 102 Å². The quantitative estimate of drug-likeness (QED) is 0.845. The molecule has 4 heteroatoms. The fourth-order valence-electron chi connectivity index (χ4n) is 1.49. The van der Waals surface area contributed by atoms with Gasteiger partial charge in [0.1, 0.15) is 11.4 Å². The van der Waals surface area contributed by atoms with E-state index in [2.05, 4.69) is 5.32 Å². The lowest BCUT2D eigenvalue weighted by Gasteiger charge is -2.23. The first-order valence-electron chi connectivity index (χ1n) is 5.74. The highest BCUT2D eigenvalue weighted by atomic mass is 16.4. The van der Waals surface area contributed by atoms with E-state index >= 15 is 0 Å². The van der Waals surface area contributed by atoms with E-state index in [-0.39, 0.29) is 17.9 Å². The Hall–Kier alpha value is -1.29. The highest BCUT2D eigenvalue weighted by Crippen LogP contribution is 2.21. The van der Waals surface area contributed by atoms with Crippen molar-refractivity contribution < 1.29 is 14.3 Å². The number of aliphatic hydroxyl groups is 1. The van der Waals surface area contributed by atoms with Gasteiger partial charge in [0, 0.05) is 6.42 Å². The Morgan fingerprint density at radius 1 is 1.41 bits per heavy atom. The zero-order valence-electron chi connectivity index (χ0n) is 10.9. The second-order valence-electron chi connectivity index (χ2n) is 5.77. The van der Waals surface area contributed by atoms with Crippen LogP contribution in [0.1, 0.15) is 39.9 Å². The van der Waals surface area contributed by atoms with Crippen LogP contribution in [0.2, 0.25) is 0 Å². The minimum absolute atomic E-state index is 0.0549. The van der Waals surface area contributed by atoms with E-state index in [1.807, 2.05) is 20.8 Å². The number of rotatable bonds is 4. The van der Waals surface area contributed by atoms with E-state index in [0.717, 1.165) is 0 Å². The molecule has 0 aromatic carbocycles. The summed E-state index contributed by atoms with van der Waals surface area (Å²) in [6.07, 6.45) is 1.93. The van der Waals surface area contributed by atoms with Crippen LogP contribution in [0.4, 0.5) is 0 Å². The largest absolute Gasteiger partial charge is 0.466 e. The lowest BCUT2D eigenvalue weighted by Crippen LogP contribution is -2.39. The molecular formula is C13H21NO3. The molecule has 0 radical (unpaired) electrons. The van der Waals surface area contributed by atoms with Crippen molar-refractivity contribution >= 4 is 5.91 Å². The van der Waals surface area contributed by atoms with Gasteiger partial charge in [-0.15, -0.1) is 0 Å². The minimum atomic E-state index is -1.17. The molecule has 96 valence electrons. The molecule has 0 fully saturated rings. The molecule has 0 bridgehead atoms. The average Bonchev–Trinajstić information content (AvgIpc) is 2.65. The normalized spacial score (nSPS) is 15.4. The van der Waals surface area contributed by atoms with Crippen LogP contribution >= 0.6 is 0 Å². The molecule has 0 spiro atoms. The summed E-state index contributed by atoms with van der Waals surface area (Å²) < 4.78 is 5.13. The van der Waals surface area contributed by atoms with E-state index < -0.39 is 5.60 Å². The predicted octanol–water partition coefficient (Wildman–Crippen LogP) is 2.04. The molecule has 4 nitrogen and oxygen atoms in total. The lowest BCUT2D eigenvalue weighted by molar-refractivity contribution is -0.124. The summed E-state index contributed by atoms with van der Waals surface area (Å²) in [7, 11) is 0. The summed E-state index contributed by atoms with van der Waals surface area (Å²) in [5.74, 6) is 0.387. The summed E-state index contributed by atoms with van der Waals surface area (Å²) in [6, 6.07) is 3.40. The predicted molar refractivity (Wildman–Crippen MR) is 65.4 cm³/mol. The van der Waals surface area contributed by atoms with Crippen LogP contribution in [-0.2, 0) is 10.4 Å². The summed E-state index contributed by atoms with van der Waals surface area (Å²) >= 11 is 0. The molecule has 0 aliphatic carbocycles. The Bertz CT molecular complexity index is 361. The third-order valence-electron chi connectivity index (χ3n) is 2.37. The van der Waals surface area contributed by atoms with Gasteiger partial charge in [0.15, 0.2) is 0 Å². The number of nitrogens with one attached hydrogen (secondary N) is 1. The first kappa shape index (κ1) is 13.8. The molecular weight excluding hydrogens is 218 g/mol. The van der Waals surface area contributed by atoms with Gasteiger partial charge < -0.3 is 14.8 Å². The van der Waals surface area contributed by atoms with Crippen molar-refractivity contribution in [3.63, 3.8) is 0 Å². The first-order chi connectivity index (χ1) is 7.71. The summed E-state index contributed by atoms with van der Waals surface area (Å²) in [5, 5.41) is 12.8. The highest BCUT2D eigenvalue weighted by Gasteiger charge is 2.27. The second-order valence-corrected chi connectivity index (χ2v) is 5.77. The van der Waals surface area contributed by atoms with Gasteiger partial charge >= 0.3 is 0 Å². The van der Waals surface area contributed by atoms with E-state index in [1.165, 1.54) is 6.26 Å². The number of hydrogen-bond acceptors (Lipinski definition) is 3. The van der Waals surface area contributed by atoms with Crippen molar-refractivity contribution in [3.8, 4) is 0 Å². The maximum atomic E-state index is 11.6. The Balaban J connectivity index is 2.48. The fraction of sp³-hybridized carbons (Fsp3) is 0.615. The molecule has 0 saturated carbocycles. The number of carbonyl (C=O) groups is 1. The van der Waals surface area contributed by atoms with Crippen LogP contribution in [0.3, 0.4) is 0 Å². The molecule has 1 heterocycles. The molecule has 1 amide bonds. The topological polar surface area (TPSA) is 62.5 Å². The molecule has 0 aliphatic heterocycles. The van der Waals surface area contributed by atoms with E-state index in [1.54, 1.807) is 19.1 Å². The van der Waals surface area contributed by atoms with Crippen LogP contribution in [0.25, 0.3) is 0 Å². The van der Waals surface area contributed by atoms with Gasteiger partial charge in [0.25, 0.3) is 0 Å². The Morgan fingerprint density at radius 2 is 2.06 bits per heavy atom. The summed E-state index contributed by atoms with van der Waals surface area (Å²) in [5.41, 5.74) is -1.22. The smallest absolute Gasteiger partial charge is 0.220 e. The molecule has 1 rings (SSSR count). The Morgan fingerprint density at radius 3 is 2.53 bits per heavy atom. The van der Waals surface area contributed by atoms with Crippen molar-refractivity contribution in [1.29, 1.82) is 0 Å². The highest BCUT2D eigenvalue weighted by molar-refractivity contribution is 5.76. The third-order valence-corrected chi connectivity index (χ3v) is 2.37. The maximum absolute atomic E-state index is 11.6. The maximum Gasteiger partial charge on any atom is 0.220 e. The van der Waals surface area contributed by atoms with Gasteiger partial charge in [-0.3, -0.25) is 4.79 Å². The molecule has 1 aromatic rings. The number of amides is 1. The third kappa shape index (κ3) is 4.61. The molecule has 0 saturated heterocycles. The molecule has 0 aliphatic rings. The Kier molecular flexibility index (Phi) is 3.98. The van der Waals surface area contributed by atoms with Crippen LogP contribution in [0, 0.1) is 5.41 Å². The zero-order valence-corrected chi connectivity index (χ0v) is 10.9. The van der Waals surface area contributed by atoms with Crippen LogP contribution < -0.4 is 5.32 Å². The van der Waals surface area contributed by atoms with Gasteiger partial charge in [0.2, 0.25) is 5.91 Å². The molecule has 1 atom stereocenters. The van der Waals surface area contributed by atoms with E-state index in [4.69, 9.17) is 4.42 Å². The van der Waals surface area contributed by atoms with Gasteiger partial charge in [-0.1, -0.05) is 20.8 Å². The first-order valence-corrected chi connectivity index (χ1v) is 5.74. The van der Waals surface area contributed by atoms with Crippen molar-refractivity contribution in [1.82, 2.24) is 5.32 Å².